The fraction of sp³-hybridized carbons (Fsp3) is 0.385. The third kappa shape index (κ3) is 3.15. The highest BCUT2D eigenvalue weighted by atomic mass is 16.6. The fourth-order valence-corrected chi connectivity index (χ4v) is 1.86. The fourth-order valence-electron chi connectivity index (χ4n) is 1.86. The van der Waals surface area contributed by atoms with E-state index in [0.29, 0.717) is 13.1 Å². The van der Waals surface area contributed by atoms with Crippen LogP contribution in [0.15, 0.2) is 24.3 Å². The molecule has 1 aromatic rings. The number of nitrogens with one attached hydrogen (secondary N) is 1. The zero-order valence-corrected chi connectivity index (χ0v) is 10.9. The van der Waals surface area contributed by atoms with Crippen molar-refractivity contribution in [3.05, 3.63) is 24.3 Å². The van der Waals surface area contributed by atoms with Crippen molar-refractivity contribution in [2.45, 2.75) is 13.0 Å². The van der Waals surface area contributed by atoms with Gasteiger partial charge in [-0.2, -0.15) is 0 Å². The lowest BCUT2D eigenvalue weighted by Crippen LogP contribution is -2.33. The molecule has 0 saturated carbocycles. The summed E-state index contributed by atoms with van der Waals surface area (Å²) in [5.74, 6) is 0.588. The normalized spacial score (nSPS) is 18.1. The number of carbonyl (C=O) groups excluding carboxylic acids is 2. The summed E-state index contributed by atoms with van der Waals surface area (Å²) in [5.41, 5.74) is 0.746. The van der Waals surface area contributed by atoms with Crippen molar-refractivity contribution < 1.29 is 19.1 Å². The van der Waals surface area contributed by atoms with Gasteiger partial charge >= 0.3 is 6.09 Å². The van der Waals surface area contributed by atoms with E-state index in [0.717, 1.165) is 11.4 Å². The molecule has 19 heavy (non-hydrogen) atoms. The summed E-state index contributed by atoms with van der Waals surface area (Å²) in [6.45, 7) is 2.18. The molecule has 1 N–H and O–H groups in total. The molecule has 1 atom stereocenters. The highest BCUT2D eigenvalue weighted by molar-refractivity contribution is 5.89. The molecule has 0 unspecified atom stereocenters. The van der Waals surface area contributed by atoms with Crippen molar-refractivity contribution in [2.75, 3.05) is 25.1 Å². The molecule has 102 valence electrons. The van der Waals surface area contributed by atoms with Gasteiger partial charge in [0.15, 0.2) is 0 Å². The van der Waals surface area contributed by atoms with E-state index in [1.807, 2.05) is 0 Å². The van der Waals surface area contributed by atoms with Crippen LogP contribution in [0.3, 0.4) is 0 Å². The first-order valence-corrected chi connectivity index (χ1v) is 5.97. The maximum Gasteiger partial charge on any atom is 0.414 e. The van der Waals surface area contributed by atoms with Crippen LogP contribution in [0.25, 0.3) is 0 Å². The average molecular weight is 264 g/mol. The molecule has 0 bridgehead atoms. The Balaban J connectivity index is 2.00. The summed E-state index contributed by atoms with van der Waals surface area (Å²) < 4.78 is 10.2. The van der Waals surface area contributed by atoms with Crippen LogP contribution in [0.2, 0.25) is 0 Å². The van der Waals surface area contributed by atoms with E-state index in [1.165, 1.54) is 11.8 Å². The molecule has 2 rings (SSSR count). The molecule has 0 radical (unpaired) electrons. The molecule has 1 saturated heterocycles. The molecule has 1 aliphatic rings. The van der Waals surface area contributed by atoms with Gasteiger partial charge in [0, 0.05) is 12.6 Å². The van der Waals surface area contributed by atoms with Crippen LogP contribution in [0.4, 0.5) is 10.5 Å². The van der Waals surface area contributed by atoms with Crippen LogP contribution in [-0.2, 0) is 9.53 Å². The van der Waals surface area contributed by atoms with Crippen LogP contribution >= 0.6 is 0 Å². The Morgan fingerprint density at radius 3 is 2.74 bits per heavy atom. The number of cyclic esters (lactones) is 1. The number of hydrogen-bond donors (Lipinski definition) is 1. The van der Waals surface area contributed by atoms with Gasteiger partial charge in [0.2, 0.25) is 5.91 Å². The molecule has 2 amide bonds. The number of carbonyl (C=O) groups is 2. The Labute approximate surface area is 111 Å². The van der Waals surface area contributed by atoms with Crippen LogP contribution in [0.5, 0.6) is 5.75 Å². The van der Waals surface area contributed by atoms with Crippen LogP contribution in [-0.4, -0.2) is 38.3 Å². The van der Waals surface area contributed by atoms with Crippen molar-refractivity contribution in [1.29, 1.82) is 0 Å². The number of anilines is 1. The number of hydrogen-bond acceptors (Lipinski definition) is 4. The van der Waals surface area contributed by atoms with Gasteiger partial charge in [0.25, 0.3) is 0 Å². The van der Waals surface area contributed by atoms with E-state index in [9.17, 15) is 9.59 Å². The molecule has 1 aromatic carbocycles. The SMILES string of the molecule is COc1ccc(N2C[C@H](CNC(C)=O)OC2=O)cc1. The zero-order valence-electron chi connectivity index (χ0n) is 10.9. The molecule has 6 heteroatoms. The Bertz CT molecular complexity index is 472. The molecule has 0 aliphatic carbocycles. The lowest BCUT2D eigenvalue weighted by Gasteiger charge is -2.13. The van der Waals surface area contributed by atoms with Gasteiger partial charge in [0.05, 0.1) is 20.2 Å². The maximum atomic E-state index is 11.7. The predicted octanol–water partition coefficient (Wildman–Crippen LogP) is 1.16. The molecular formula is C13H16N2O4. The van der Waals surface area contributed by atoms with Gasteiger partial charge in [0.1, 0.15) is 11.9 Å². The number of benzene rings is 1. The molecular weight excluding hydrogens is 248 g/mol. The zero-order chi connectivity index (χ0) is 13.8. The Morgan fingerprint density at radius 2 is 2.16 bits per heavy atom. The van der Waals surface area contributed by atoms with Crippen LogP contribution in [0.1, 0.15) is 6.92 Å². The predicted molar refractivity (Wildman–Crippen MR) is 69.3 cm³/mol. The minimum absolute atomic E-state index is 0.140. The lowest BCUT2D eigenvalue weighted by atomic mass is 10.2. The molecule has 0 aromatic heterocycles. The monoisotopic (exact) mass is 264 g/mol. The lowest BCUT2D eigenvalue weighted by molar-refractivity contribution is -0.119. The quantitative estimate of drug-likeness (QED) is 0.886. The summed E-state index contributed by atoms with van der Waals surface area (Å²) in [7, 11) is 1.59. The van der Waals surface area contributed by atoms with E-state index in [1.54, 1.807) is 31.4 Å². The summed E-state index contributed by atoms with van der Waals surface area (Å²) in [6, 6.07) is 7.15. The summed E-state index contributed by atoms with van der Waals surface area (Å²) in [4.78, 5) is 24.1. The van der Waals surface area contributed by atoms with E-state index < -0.39 is 6.09 Å². The van der Waals surface area contributed by atoms with E-state index in [2.05, 4.69) is 5.32 Å². The Kier molecular flexibility index (Phi) is 3.89. The standard InChI is InChI=1S/C13H16N2O4/c1-9(16)14-7-12-8-15(13(17)19-12)10-3-5-11(18-2)6-4-10/h3-6,12H,7-8H2,1-2H3,(H,14,16)/t12-/m0/s1. The van der Waals surface area contributed by atoms with Crippen molar-refractivity contribution in [3.8, 4) is 5.75 Å². The molecule has 1 heterocycles. The second-order valence-corrected chi connectivity index (χ2v) is 4.25. The van der Waals surface area contributed by atoms with Gasteiger partial charge in [-0.25, -0.2) is 4.79 Å². The Morgan fingerprint density at radius 1 is 1.47 bits per heavy atom. The topological polar surface area (TPSA) is 67.9 Å². The number of methoxy groups -OCH3 is 1. The maximum absolute atomic E-state index is 11.7. The second kappa shape index (κ2) is 5.60. The highest BCUT2D eigenvalue weighted by Gasteiger charge is 2.32. The number of nitrogens with zero attached hydrogens (tertiary/aromatic N) is 1. The largest absolute Gasteiger partial charge is 0.497 e. The second-order valence-electron chi connectivity index (χ2n) is 4.25. The molecule has 0 spiro atoms. The highest BCUT2D eigenvalue weighted by Crippen LogP contribution is 2.23. The molecule has 6 nitrogen and oxygen atoms in total. The third-order valence-corrected chi connectivity index (χ3v) is 2.84. The van der Waals surface area contributed by atoms with Gasteiger partial charge in [-0.1, -0.05) is 0 Å². The third-order valence-electron chi connectivity index (χ3n) is 2.84. The molecule has 1 fully saturated rings. The average Bonchev–Trinajstić information content (AvgIpc) is 2.78. The van der Waals surface area contributed by atoms with E-state index in [4.69, 9.17) is 9.47 Å². The van der Waals surface area contributed by atoms with Gasteiger partial charge in [-0.15, -0.1) is 0 Å². The van der Waals surface area contributed by atoms with Crippen molar-refractivity contribution in [2.24, 2.45) is 0 Å². The van der Waals surface area contributed by atoms with Gasteiger partial charge < -0.3 is 14.8 Å². The summed E-state index contributed by atoms with van der Waals surface area (Å²) in [5, 5.41) is 2.64. The first kappa shape index (κ1) is 13.2. The minimum Gasteiger partial charge on any atom is -0.497 e. The first-order chi connectivity index (χ1) is 9.10. The van der Waals surface area contributed by atoms with Crippen molar-refractivity contribution >= 4 is 17.7 Å². The van der Waals surface area contributed by atoms with Crippen LogP contribution < -0.4 is 15.0 Å². The van der Waals surface area contributed by atoms with Crippen molar-refractivity contribution in [1.82, 2.24) is 5.32 Å². The number of amides is 2. The van der Waals surface area contributed by atoms with Gasteiger partial charge in [-0.05, 0) is 24.3 Å². The number of rotatable bonds is 4. The van der Waals surface area contributed by atoms with E-state index in [-0.39, 0.29) is 12.0 Å². The van der Waals surface area contributed by atoms with E-state index >= 15 is 0 Å². The molecule has 1 aliphatic heterocycles. The minimum atomic E-state index is -0.402. The first-order valence-electron chi connectivity index (χ1n) is 5.97. The summed E-state index contributed by atoms with van der Waals surface area (Å²) in [6.07, 6.45) is -0.723. The van der Waals surface area contributed by atoms with Crippen molar-refractivity contribution in [3.63, 3.8) is 0 Å². The van der Waals surface area contributed by atoms with Crippen LogP contribution in [0, 0.1) is 0 Å². The summed E-state index contributed by atoms with van der Waals surface area (Å²) >= 11 is 0. The van der Waals surface area contributed by atoms with Gasteiger partial charge in [-0.3, -0.25) is 9.69 Å². The number of ether oxygens (including phenoxy) is 2. The smallest absolute Gasteiger partial charge is 0.414 e. The Hall–Kier alpha value is -2.24.